The molecule has 0 atom stereocenters. The van der Waals surface area contributed by atoms with E-state index in [0.717, 1.165) is 33.2 Å². The largest absolute Gasteiger partial charge is 0.219 e. The van der Waals surface area contributed by atoms with Crippen LogP contribution in [0.2, 0.25) is 5.02 Å². The van der Waals surface area contributed by atoms with Gasteiger partial charge in [-0.2, -0.15) is 4.57 Å². The first-order chi connectivity index (χ1) is 15.3. The molecule has 0 saturated heterocycles. The summed E-state index contributed by atoms with van der Waals surface area (Å²) in [5.74, 6) is 0. The molecule has 148 valence electrons. The fourth-order valence-electron chi connectivity index (χ4n) is 3.93. The minimum Gasteiger partial charge on any atom is -0.153 e. The third kappa shape index (κ3) is 4.01. The highest BCUT2D eigenvalue weighted by atomic mass is 35.5. The van der Waals surface area contributed by atoms with Crippen LogP contribution in [0.5, 0.6) is 0 Å². The molecule has 1 nitrogen and oxygen atoms in total. The van der Waals surface area contributed by atoms with Gasteiger partial charge < -0.3 is 0 Å². The molecule has 0 fully saturated rings. The standard InChI is InChI=1S/C29H21ClN/c30-26-17-10-18-27(21-26)31-28(23-13-6-2-7-14-23)19-25(22-11-4-1-5-12-22)20-29(31)24-15-8-3-9-16-24/h1-21H/q+1. The van der Waals surface area contributed by atoms with E-state index in [1.165, 1.54) is 11.1 Å². The van der Waals surface area contributed by atoms with E-state index in [1.54, 1.807) is 0 Å². The van der Waals surface area contributed by atoms with Crippen LogP contribution in [0.25, 0.3) is 39.3 Å². The Morgan fingerprint density at radius 1 is 0.419 bits per heavy atom. The Labute approximate surface area is 187 Å². The molecular formula is C29H21ClN+. The number of rotatable bonds is 4. The van der Waals surface area contributed by atoms with Gasteiger partial charge in [0.25, 0.3) is 0 Å². The molecule has 1 heterocycles. The van der Waals surface area contributed by atoms with Crippen molar-refractivity contribution in [1.29, 1.82) is 0 Å². The van der Waals surface area contributed by atoms with Crippen molar-refractivity contribution in [2.75, 3.05) is 0 Å². The first-order valence-corrected chi connectivity index (χ1v) is 10.7. The number of aromatic nitrogens is 1. The van der Waals surface area contributed by atoms with Crippen LogP contribution in [-0.4, -0.2) is 0 Å². The lowest BCUT2D eigenvalue weighted by Crippen LogP contribution is -2.36. The van der Waals surface area contributed by atoms with Crippen molar-refractivity contribution in [3.63, 3.8) is 0 Å². The van der Waals surface area contributed by atoms with Gasteiger partial charge in [0.05, 0.1) is 0 Å². The maximum absolute atomic E-state index is 6.41. The highest BCUT2D eigenvalue weighted by molar-refractivity contribution is 6.30. The molecule has 0 aliphatic rings. The quantitative estimate of drug-likeness (QED) is 0.264. The lowest BCUT2D eigenvalue weighted by molar-refractivity contribution is -0.572. The Balaban J connectivity index is 1.88. The third-order valence-electron chi connectivity index (χ3n) is 5.38. The van der Waals surface area contributed by atoms with Crippen molar-refractivity contribution < 1.29 is 4.57 Å². The number of pyridine rings is 1. The van der Waals surface area contributed by atoms with Crippen LogP contribution in [0.3, 0.4) is 0 Å². The highest BCUT2D eigenvalue weighted by Crippen LogP contribution is 2.30. The summed E-state index contributed by atoms with van der Waals surface area (Å²) in [6.07, 6.45) is 0. The molecule has 5 aromatic rings. The van der Waals surface area contributed by atoms with Gasteiger partial charge in [0.1, 0.15) is 0 Å². The van der Waals surface area contributed by atoms with Crippen molar-refractivity contribution in [2.45, 2.75) is 0 Å². The summed E-state index contributed by atoms with van der Waals surface area (Å²) in [5, 5.41) is 0.718. The maximum Gasteiger partial charge on any atom is 0.219 e. The Morgan fingerprint density at radius 3 is 1.39 bits per heavy atom. The molecule has 0 aliphatic heterocycles. The lowest BCUT2D eigenvalue weighted by atomic mass is 9.98. The van der Waals surface area contributed by atoms with Crippen LogP contribution < -0.4 is 4.57 Å². The molecule has 0 bridgehead atoms. The predicted molar refractivity (Wildman–Crippen MR) is 129 cm³/mol. The fraction of sp³-hybridized carbons (Fsp3) is 0. The van der Waals surface area contributed by atoms with E-state index >= 15 is 0 Å². The predicted octanol–water partition coefficient (Wildman–Crippen LogP) is 7.62. The summed E-state index contributed by atoms with van der Waals surface area (Å²) in [6.45, 7) is 0. The van der Waals surface area contributed by atoms with E-state index < -0.39 is 0 Å². The number of benzene rings is 4. The van der Waals surface area contributed by atoms with Crippen molar-refractivity contribution in [2.24, 2.45) is 0 Å². The van der Waals surface area contributed by atoms with E-state index in [-0.39, 0.29) is 0 Å². The second-order valence-electron chi connectivity index (χ2n) is 7.43. The minimum atomic E-state index is 0.718. The summed E-state index contributed by atoms with van der Waals surface area (Å²) in [5.41, 5.74) is 7.93. The van der Waals surface area contributed by atoms with Crippen LogP contribution >= 0.6 is 11.6 Å². The van der Waals surface area contributed by atoms with E-state index in [9.17, 15) is 0 Å². The highest BCUT2D eigenvalue weighted by Gasteiger charge is 2.24. The van der Waals surface area contributed by atoms with Gasteiger partial charge in [-0.1, -0.05) is 84.4 Å². The van der Waals surface area contributed by atoms with Gasteiger partial charge in [-0.3, -0.25) is 0 Å². The second kappa shape index (κ2) is 8.59. The molecule has 31 heavy (non-hydrogen) atoms. The number of halogens is 1. The van der Waals surface area contributed by atoms with Gasteiger partial charge in [-0.25, -0.2) is 0 Å². The first kappa shape index (κ1) is 19.3. The average molecular weight is 419 g/mol. The maximum atomic E-state index is 6.41. The molecule has 1 aromatic heterocycles. The normalized spacial score (nSPS) is 10.7. The van der Waals surface area contributed by atoms with E-state index in [2.05, 4.69) is 102 Å². The summed E-state index contributed by atoms with van der Waals surface area (Å²) in [4.78, 5) is 0. The van der Waals surface area contributed by atoms with Gasteiger partial charge in [0.15, 0.2) is 0 Å². The first-order valence-electron chi connectivity index (χ1n) is 10.3. The van der Waals surface area contributed by atoms with Crippen LogP contribution in [0.15, 0.2) is 127 Å². The Morgan fingerprint density at radius 2 is 0.903 bits per heavy atom. The van der Waals surface area contributed by atoms with E-state index in [0.29, 0.717) is 0 Å². The van der Waals surface area contributed by atoms with Gasteiger partial charge >= 0.3 is 0 Å². The minimum absolute atomic E-state index is 0.718. The molecule has 0 saturated carbocycles. The number of nitrogens with zero attached hydrogens (tertiary/aromatic N) is 1. The van der Waals surface area contributed by atoms with Gasteiger partial charge in [0.2, 0.25) is 17.1 Å². The molecule has 0 N–H and O–H groups in total. The lowest BCUT2D eigenvalue weighted by Gasteiger charge is -2.12. The molecule has 0 radical (unpaired) electrons. The Bertz CT molecular complexity index is 1250. The summed E-state index contributed by atoms with van der Waals surface area (Å²) < 4.78 is 2.29. The Kier molecular flexibility index (Phi) is 5.35. The van der Waals surface area contributed by atoms with Crippen LogP contribution in [0, 0.1) is 0 Å². The summed E-state index contributed by atoms with van der Waals surface area (Å²) >= 11 is 6.41. The van der Waals surface area contributed by atoms with Gasteiger partial charge in [-0.05, 0) is 41.5 Å². The topological polar surface area (TPSA) is 3.88 Å². The number of hydrogen-bond acceptors (Lipinski definition) is 0. The fourth-order valence-corrected chi connectivity index (χ4v) is 4.11. The SMILES string of the molecule is Clc1cccc(-[n+]2c(-c3ccccc3)cc(-c3ccccc3)cc2-c2ccccc2)c1. The molecule has 0 aliphatic carbocycles. The van der Waals surface area contributed by atoms with Crippen LogP contribution in [0.4, 0.5) is 0 Å². The molecule has 0 spiro atoms. The second-order valence-corrected chi connectivity index (χ2v) is 7.86. The van der Waals surface area contributed by atoms with Crippen molar-refractivity contribution in [1.82, 2.24) is 0 Å². The Hall–Kier alpha value is -3.68. The number of hydrogen-bond donors (Lipinski definition) is 0. The van der Waals surface area contributed by atoms with E-state index in [4.69, 9.17) is 11.6 Å². The van der Waals surface area contributed by atoms with Crippen molar-refractivity contribution >= 4 is 11.6 Å². The van der Waals surface area contributed by atoms with Crippen LogP contribution in [-0.2, 0) is 0 Å². The zero-order chi connectivity index (χ0) is 21.0. The molecule has 0 unspecified atom stereocenters. The molecular weight excluding hydrogens is 398 g/mol. The third-order valence-corrected chi connectivity index (χ3v) is 5.61. The molecule has 5 rings (SSSR count). The summed E-state index contributed by atoms with van der Waals surface area (Å²) in [6, 6.07) is 44.1. The van der Waals surface area contributed by atoms with Gasteiger partial charge in [-0.15, -0.1) is 0 Å². The molecule has 0 amide bonds. The summed E-state index contributed by atoms with van der Waals surface area (Å²) in [7, 11) is 0. The zero-order valence-electron chi connectivity index (χ0n) is 16.9. The monoisotopic (exact) mass is 418 g/mol. The van der Waals surface area contributed by atoms with Crippen LogP contribution in [0.1, 0.15) is 0 Å². The smallest absolute Gasteiger partial charge is 0.153 e. The molecule has 2 heteroatoms. The van der Waals surface area contributed by atoms with E-state index in [1.807, 2.05) is 30.3 Å². The molecule has 4 aromatic carbocycles. The average Bonchev–Trinajstić information content (AvgIpc) is 2.85. The zero-order valence-corrected chi connectivity index (χ0v) is 17.7. The van der Waals surface area contributed by atoms with Crippen molar-refractivity contribution in [3.05, 3.63) is 132 Å². The van der Waals surface area contributed by atoms with Crippen molar-refractivity contribution in [3.8, 4) is 39.3 Å². The van der Waals surface area contributed by atoms with Gasteiger partial charge in [0, 0.05) is 40.4 Å².